The molecule has 1 heterocycles. The first-order valence-corrected chi connectivity index (χ1v) is 7.36. The minimum absolute atomic E-state index is 0.00228. The van der Waals surface area contributed by atoms with Crippen molar-refractivity contribution in [2.24, 2.45) is 5.41 Å². The standard InChI is InChI=1S/C15H29N3O/c1-6-15(7-2,11-19)10-16-13(5)14-8-17-18(9-14)12(3)4/h8-9,12-13,16,19H,6-7,10-11H2,1-5H3. The summed E-state index contributed by atoms with van der Waals surface area (Å²) in [5.41, 5.74) is 1.20. The Labute approximate surface area is 117 Å². The maximum Gasteiger partial charge on any atom is 0.0537 e. The molecular weight excluding hydrogens is 238 g/mol. The van der Waals surface area contributed by atoms with Gasteiger partial charge in [0.2, 0.25) is 0 Å². The molecule has 0 saturated heterocycles. The van der Waals surface area contributed by atoms with E-state index in [1.54, 1.807) is 0 Å². The molecule has 0 fully saturated rings. The van der Waals surface area contributed by atoms with E-state index in [0.717, 1.165) is 19.4 Å². The molecule has 110 valence electrons. The van der Waals surface area contributed by atoms with Crippen LogP contribution in [0.25, 0.3) is 0 Å². The molecule has 4 heteroatoms. The Morgan fingerprint density at radius 1 is 1.32 bits per heavy atom. The summed E-state index contributed by atoms with van der Waals surface area (Å²) in [4.78, 5) is 0. The van der Waals surface area contributed by atoms with Crippen molar-refractivity contribution in [1.82, 2.24) is 15.1 Å². The third-order valence-electron chi connectivity index (χ3n) is 4.27. The van der Waals surface area contributed by atoms with Crippen LogP contribution in [-0.2, 0) is 0 Å². The van der Waals surface area contributed by atoms with Crippen molar-refractivity contribution in [2.45, 2.75) is 59.5 Å². The zero-order valence-electron chi connectivity index (χ0n) is 13.0. The Hall–Kier alpha value is -0.870. The minimum atomic E-state index is 0.00228. The fourth-order valence-corrected chi connectivity index (χ4v) is 2.13. The summed E-state index contributed by atoms with van der Waals surface area (Å²) in [5.74, 6) is 0. The Kier molecular flexibility index (Phi) is 6.01. The molecule has 0 aliphatic rings. The molecule has 1 unspecified atom stereocenters. The van der Waals surface area contributed by atoms with Gasteiger partial charge in [-0.3, -0.25) is 4.68 Å². The average Bonchev–Trinajstić information content (AvgIpc) is 2.90. The number of aliphatic hydroxyl groups excluding tert-OH is 1. The number of rotatable bonds is 8. The molecule has 0 aliphatic heterocycles. The van der Waals surface area contributed by atoms with Gasteiger partial charge in [-0.2, -0.15) is 5.10 Å². The molecule has 1 atom stereocenters. The van der Waals surface area contributed by atoms with Crippen molar-refractivity contribution in [1.29, 1.82) is 0 Å². The predicted octanol–water partition coefficient (Wildman–Crippen LogP) is 2.91. The smallest absolute Gasteiger partial charge is 0.0537 e. The van der Waals surface area contributed by atoms with Crippen molar-refractivity contribution in [3.8, 4) is 0 Å². The number of aromatic nitrogens is 2. The van der Waals surface area contributed by atoms with E-state index in [9.17, 15) is 5.11 Å². The van der Waals surface area contributed by atoms with Crippen LogP contribution in [0.1, 0.15) is 65.1 Å². The lowest BCUT2D eigenvalue weighted by molar-refractivity contribution is 0.110. The molecule has 4 nitrogen and oxygen atoms in total. The van der Waals surface area contributed by atoms with Crippen molar-refractivity contribution in [2.75, 3.05) is 13.2 Å². The molecule has 1 rings (SSSR count). The number of nitrogens with zero attached hydrogens (tertiary/aromatic N) is 2. The number of aliphatic hydroxyl groups is 1. The van der Waals surface area contributed by atoms with Crippen LogP contribution in [0.5, 0.6) is 0 Å². The second-order valence-electron chi connectivity index (χ2n) is 5.82. The van der Waals surface area contributed by atoms with E-state index in [1.807, 2.05) is 10.9 Å². The lowest BCUT2D eigenvalue weighted by atomic mass is 9.83. The van der Waals surface area contributed by atoms with Crippen LogP contribution in [0, 0.1) is 5.41 Å². The highest BCUT2D eigenvalue weighted by molar-refractivity contribution is 5.09. The zero-order valence-corrected chi connectivity index (χ0v) is 13.0. The first-order chi connectivity index (χ1) is 8.98. The number of hydrogen-bond donors (Lipinski definition) is 2. The highest BCUT2D eigenvalue weighted by atomic mass is 16.3. The van der Waals surface area contributed by atoms with Gasteiger partial charge in [0.25, 0.3) is 0 Å². The molecular formula is C15H29N3O. The van der Waals surface area contributed by atoms with Gasteiger partial charge < -0.3 is 10.4 Å². The molecule has 0 aliphatic carbocycles. The molecule has 19 heavy (non-hydrogen) atoms. The van der Waals surface area contributed by atoms with Crippen LogP contribution in [-0.4, -0.2) is 28.0 Å². The van der Waals surface area contributed by atoms with E-state index in [-0.39, 0.29) is 18.1 Å². The normalized spacial score (nSPS) is 14.1. The van der Waals surface area contributed by atoms with Crippen LogP contribution in [0.4, 0.5) is 0 Å². The van der Waals surface area contributed by atoms with E-state index in [4.69, 9.17) is 0 Å². The van der Waals surface area contributed by atoms with Crippen LogP contribution in [0.3, 0.4) is 0 Å². The summed E-state index contributed by atoms with van der Waals surface area (Å²) in [7, 11) is 0. The van der Waals surface area contributed by atoms with Crippen molar-refractivity contribution in [3.63, 3.8) is 0 Å². The van der Waals surface area contributed by atoms with Gasteiger partial charge >= 0.3 is 0 Å². The maximum absolute atomic E-state index is 9.58. The Balaban J connectivity index is 2.61. The highest BCUT2D eigenvalue weighted by Gasteiger charge is 2.25. The molecule has 0 bridgehead atoms. The number of hydrogen-bond acceptors (Lipinski definition) is 3. The zero-order chi connectivity index (χ0) is 14.5. The van der Waals surface area contributed by atoms with Gasteiger partial charge in [0.1, 0.15) is 0 Å². The van der Waals surface area contributed by atoms with E-state index in [0.29, 0.717) is 6.04 Å². The molecule has 0 aromatic carbocycles. The van der Waals surface area contributed by atoms with Crippen LogP contribution >= 0.6 is 0 Å². The molecule has 1 aromatic rings. The first-order valence-electron chi connectivity index (χ1n) is 7.36. The molecule has 0 radical (unpaired) electrons. The molecule has 1 aromatic heterocycles. The number of nitrogens with one attached hydrogen (secondary N) is 1. The summed E-state index contributed by atoms with van der Waals surface area (Å²) in [5, 5.41) is 17.5. The monoisotopic (exact) mass is 267 g/mol. The van der Waals surface area contributed by atoms with E-state index < -0.39 is 0 Å². The van der Waals surface area contributed by atoms with Crippen LogP contribution in [0.15, 0.2) is 12.4 Å². The second kappa shape index (κ2) is 7.06. The maximum atomic E-state index is 9.58. The van der Waals surface area contributed by atoms with Gasteiger partial charge in [-0.05, 0) is 33.6 Å². The third-order valence-corrected chi connectivity index (χ3v) is 4.27. The fraction of sp³-hybridized carbons (Fsp3) is 0.800. The van der Waals surface area contributed by atoms with Crippen molar-refractivity contribution < 1.29 is 5.11 Å². The Morgan fingerprint density at radius 3 is 2.37 bits per heavy atom. The summed E-state index contributed by atoms with van der Waals surface area (Å²) >= 11 is 0. The molecule has 0 saturated carbocycles. The van der Waals surface area contributed by atoms with E-state index in [1.165, 1.54) is 5.56 Å². The van der Waals surface area contributed by atoms with Gasteiger partial charge in [-0.1, -0.05) is 13.8 Å². The quantitative estimate of drug-likeness (QED) is 0.761. The minimum Gasteiger partial charge on any atom is -0.396 e. The summed E-state index contributed by atoms with van der Waals surface area (Å²) < 4.78 is 1.98. The molecule has 0 amide bonds. The van der Waals surface area contributed by atoms with Gasteiger partial charge in [0.15, 0.2) is 0 Å². The Bertz CT molecular complexity index is 361. The second-order valence-corrected chi connectivity index (χ2v) is 5.82. The van der Waals surface area contributed by atoms with Crippen molar-refractivity contribution in [3.05, 3.63) is 18.0 Å². The van der Waals surface area contributed by atoms with Gasteiger partial charge in [-0.15, -0.1) is 0 Å². The van der Waals surface area contributed by atoms with Crippen LogP contribution in [0.2, 0.25) is 0 Å². The van der Waals surface area contributed by atoms with Gasteiger partial charge in [0.05, 0.1) is 6.20 Å². The SMILES string of the molecule is CCC(CC)(CO)CNC(C)c1cnn(C(C)C)c1. The summed E-state index contributed by atoms with van der Waals surface area (Å²) in [6.07, 6.45) is 6.01. The first kappa shape index (κ1) is 16.2. The lowest BCUT2D eigenvalue weighted by Gasteiger charge is -2.31. The van der Waals surface area contributed by atoms with Gasteiger partial charge in [-0.25, -0.2) is 0 Å². The van der Waals surface area contributed by atoms with Crippen molar-refractivity contribution >= 4 is 0 Å². The largest absolute Gasteiger partial charge is 0.396 e. The highest BCUT2D eigenvalue weighted by Crippen LogP contribution is 2.25. The topological polar surface area (TPSA) is 50.1 Å². The lowest BCUT2D eigenvalue weighted by Crippen LogP contribution is -2.37. The Morgan fingerprint density at radius 2 is 1.95 bits per heavy atom. The fourth-order valence-electron chi connectivity index (χ4n) is 2.13. The molecule has 0 spiro atoms. The molecule has 2 N–H and O–H groups in total. The van der Waals surface area contributed by atoms with E-state index >= 15 is 0 Å². The van der Waals surface area contributed by atoms with Gasteiger partial charge in [0, 0.05) is 42.4 Å². The average molecular weight is 267 g/mol. The van der Waals surface area contributed by atoms with Crippen LogP contribution < -0.4 is 5.32 Å². The van der Waals surface area contributed by atoms with E-state index in [2.05, 4.69) is 51.2 Å². The predicted molar refractivity (Wildman–Crippen MR) is 79.1 cm³/mol. The summed E-state index contributed by atoms with van der Waals surface area (Å²) in [6.45, 7) is 11.8. The summed E-state index contributed by atoms with van der Waals surface area (Å²) in [6, 6.07) is 0.653. The third kappa shape index (κ3) is 4.05.